The van der Waals surface area contributed by atoms with Crippen LogP contribution < -0.4 is 10.6 Å². The van der Waals surface area contributed by atoms with Crippen molar-refractivity contribution in [3.05, 3.63) is 22.4 Å². The lowest BCUT2D eigenvalue weighted by Gasteiger charge is -2.25. The molecule has 0 bridgehead atoms. The monoisotopic (exact) mass is 311 g/mol. The lowest BCUT2D eigenvalue weighted by Crippen LogP contribution is -2.45. The summed E-state index contributed by atoms with van der Waals surface area (Å²) in [4.78, 5) is 16.9. The molecule has 0 aliphatic carbocycles. The number of nitrogens with one attached hydrogen (secondary N) is 2. The van der Waals surface area contributed by atoms with Gasteiger partial charge < -0.3 is 15.4 Å². The van der Waals surface area contributed by atoms with Crippen molar-refractivity contribution in [1.29, 1.82) is 0 Å². The number of aliphatic imine (C=N–C) groups is 1. The summed E-state index contributed by atoms with van der Waals surface area (Å²) in [5, 5.41) is 8.53. The first-order valence-electron chi connectivity index (χ1n) is 6.97. The first kappa shape index (κ1) is 17.5. The molecule has 1 aromatic heterocycles. The fourth-order valence-electron chi connectivity index (χ4n) is 1.81. The van der Waals surface area contributed by atoms with Crippen molar-refractivity contribution in [3.63, 3.8) is 0 Å². The Balaban J connectivity index is 2.47. The minimum atomic E-state index is -0.225. The van der Waals surface area contributed by atoms with Crippen LogP contribution in [0.4, 0.5) is 0 Å². The van der Waals surface area contributed by atoms with Crippen molar-refractivity contribution in [3.8, 4) is 0 Å². The third kappa shape index (κ3) is 5.38. The summed E-state index contributed by atoms with van der Waals surface area (Å²) in [6, 6.07) is 4.20. The fourth-order valence-corrected chi connectivity index (χ4v) is 2.66. The van der Waals surface area contributed by atoms with Crippen LogP contribution in [0, 0.1) is 5.92 Å². The zero-order chi connectivity index (χ0) is 15.9. The zero-order valence-electron chi connectivity index (χ0n) is 13.4. The van der Waals surface area contributed by atoms with Gasteiger partial charge in [-0.25, -0.2) is 0 Å². The Labute approximate surface area is 130 Å². The van der Waals surface area contributed by atoms with Gasteiger partial charge in [0, 0.05) is 30.4 Å². The number of hydrogen-bond donors (Lipinski definition) is 2. The van der Waals surface area contributed by atoms with E-state index in [4.69, 9.17) is 4.74 Å². The molecule has 0 aliphatic heterocycles. The van der Waals surface area contributed by atoms with Crippen LogP contribution in [0.5, 0.6) is 0 Å². The molecule has 0 spiro atoms. The molecule has 1 aromatic rings. The normalized spacial score (nSPS) is 13.7. The van der Waals surface area contributed by atoms with Gasteiger partial charge in [-0.05, 0) is 11.4 Å². The number of carbonyl (C=O) groups is 1. The van der Waals surface area contributed by atoms with Crippen molar-refractivity contribution >= 4 is 23.3 Å². The van der Waals surface area contributed by atoms with Crippen LogP contribution in [-0.2, 0) is 14.9 Å². The lowest BCUT2D eigenvalue weighted by molar-refractivity contribution is -0.144. The summed E-state index contributed by atoms with van der Waals surface area (Å²) < 4.78 is 4.70. The van der Waals surface area contributed by atoms with Crippen LogP contribution in [0.2, 0.25) is 0 Å². The van der Waals surface area contributed by atoms with Crippen molar-refractivity contribution in [2.45, 2.75) is 26.2 Å². The Hall–Kier alpha value is -1.56. The number of esters is 1. The Morgan fingerprint density at radius 1 is 1.48 bits per heavy atom. The van der Waals surface area contributed by atoms with E-state index in [0.29, 0.717) is 12.5 Å². The molecule has 118 valence electrons. The van der Waals surface area contributed by atoms with E-state index in [1.807, 2.05) is 6.92 Å². The van der Waals surface area contributed by atoms with E-state index < -0.39 is 0 Å². The van der Waals surface area contributed by atoms with Gasteiger partial charge in [0.05, 0.1) is 13.0 Å². The third-order valence-electron chi connectivity index (χ3n) is 3.29. The molecule has 5 nitrogen and oxygen atoms in total. The number of methoxy groups -OCH3 is 1. The third-order valence-corrected chi connectivity index (χ3v) is 4.52. The molecule has 0 saturated carbocycles. The molecular weight excluding hydrogens is 286 g/mol. The van der Waals surface area contributed by atoms with E-state index in [9.17, 15) is 4.79 Å². The molecule has 1 atom stereocenters. The summed E-state index contributed by atoms with van der Waals surface area (Å²) in [6.45, 7) is 7.46. The molecule has 6 heteroatoms. The minimum absolute atomic E-state index is 0.0275. The number of nitrogens with zero attached hydrogens (tertiary/aromatic N) is 1. The van der Waals surface area contributed by atoms with Crippen LogP contribution in [0.1, 0.15) is 25.6 Å². The number of ether oxygens (including phenoxy) is 1. The molecule has 1 unspecified atom stereocenters. The highest BCUT2D eigenvalue weighted by molar-refractivity contribution is 7.10. The number of guanidine groups is 1. The smallest absolute Gasteiger partial charge is 0.310 e. The molecule has 0 aliphatic rings. The van der Waals surface area contributed by atoms with E-state index in [-0.39, 0.29) is 17.3 Å². The summed E-state index contributed by atoms with van der Waals surface area (Å²) >= 11 is 1.75. The van der Waals surface area contributed by atoms with Gasteiger partial charge in [-0.2, -0.15) is 0 Å². The molecular formula is C15H25N3O2S. The van der Waals surface area contributed by atoms with E-state index in [1.54, 1.807) is 18.4 Å². The highest BCUT2D eigenvalue weighted by atomic mass is 32.1. The van der Waals surface area contributed by atoms with Gasteiger partial charge in [0.2, 0.25) is 0 Å². The Kier molecular flexibility index (Phi) is 6.68. The molecule has 0 amide bonds. The molecule has 1 heterocycles. The number of carbonyl (C=O) groups excluding carboxylic acids is 1. The van der Waals surface area contributed by atoms with Crippen molar-refractivity contribution in [1.82, 2.24) is 10.6 Å². The largest absolute Gasteiger partial charge is 0.469 e. The first-order chi connectivity index (χ1) is 9.90. The maximum absolute atomic E-state index is 11.4. The Bertz CT molecular complexity index is 469. The van der Waals surface area contributed by atoms with Crippen LogP contribution in [-0.4, -0.2) is 39.2 Å². The van der Waals surface area contributed by atoms with Crippen molar-refractivity contribution < 1.29 is 9.53 Å². The van der Waals surface area contributed by atoms with Crippen LogP contribution in [0.25, 0.3) is 0 Å². The second-order valence-corrected chi connectivity index (χ2v) is 6.54. The van der Waals surface area contributed by atoms with Gasteiger partial charge in [-0.3, -0.25) is 9.79 Å². The van der Waals surface area contributed by atoms with E-state index in [1.165, 1.54) is 12.0 Å². The standard InChI is InChI=1S/C15H25N3O2S/c1-11(13(19)20-5)9-17-14(16-4)18-10-15(2,3)12-7-6-8-21-12/h6-8,11H,9-10H2,1-5H3,(H2,16,17,18). The van der Waals surface area contributed by atoms with Gasteiger partial charge in [0.15, 0.2) is 5.96 Å². The molecule has 0 aromatic carbocycles. The minimum Gasteiger partial charge on any atom is -0.469 e. The van der Waals surface area contributed by atoms with E-state index in [2.05, 4.69) is 47.0 Å². The quantitative estimate of drug-likeness (QED) is 0.479. The molecule has 0 saturated heterocycles. The maximum Gasteiger partial charge on any atom is 0.310 e. The second-order valence-electron chi connectivity index (χ2n) is 5.59. The topological polar surface area (TPSA) is 62.7 Å². The van der Waals surface area contributed by atoms with Crippen LogP contribution in [0.15, 0.2) is 22.5 Å². The highest BCUT2D eigenvalue weighted by Crippen LogP contribution is 2.26. The molecule has 1 rings (SSSR count). The summed E-state index contributed by atoms with van der Waals surface area (Å²) in [5.41, 5.74) is 0.0275. The number of rotatable bonds is 6. The molecule has 2 N–H and O–H groups in total. The maximum atomic E-state index is 11.4. The SMILES string of the molecule is CN=C(NCC(C)C(=O)OC)NCC(C)(C)c1cccs1. The Morgan fingerprint density at radius 2 is 2.19 bits per heavy atom. The number of thiophene rings is 1. The van der Waals surface area contributed by atoms with E-state index >= 15 is 0 Å². The van der Waals surface area contributed by atoms with E-state index in [0.717, 1.165) is 6.54 Å². The predicted molar refractivity (Wildman–Crippen MR) is 87.9 cm³/mol. The van der Waals surface area contributed by atoms with Crippen molar-refractivity contribution in [2.75, 3.05) is 27.2 Å². The van der Waals surface area contributed by atoms with Gasteiger partial charge in [0.25, 0.3) is 0 Å². The highest BCUT2D eigenvalue weighted by Gasteiger charge is 2.22. The van der Waals surface area contributed by atoms with Crippen molar-refractivity contribution in [2.24, 2.45) is 10.9 Å². The Morgan fingerprint density at radius 3 is 2.71 bits per heavy atom. The first-order valence-corrected chi connectivity index (χ1v) is 7.85. The zero-order valence-corrected chi connectivity index (χ0v) is 14.2. The van der Waals surface area contributed by atoms with Crippen LogP contribution >= 0.6 is 11.3 Å². The fraction of sp³-hybridized carbons (Fsp3) is 0.600. The average molecular weight is 311 g/mol. The second kappa shape index (κ2) is 8.02. The molecule has 21 heavy (non-hydrogen) atoms. The van der Waals surface area contributed by atoms with Gasteiger partial charge in [0.1, 0.15) is 0 Å². The summed E-state index contributed by atoms with van der Waals surface area (Å²) in [6.07, 6.45) is 0. The number of hydrogen-bond acceptors (Lipinski definition) is 4. The molecule has 0 radical (unpaired) electrons. The van der Waals surface area contributed by atoms with Gasteiger partial charge in [-0.15, -0.1) is 11.3 Å². The van der Waals surface area contributed by atoms with Gasteiger partial charge >= 0.3 is 5.97 Å². The predicted octanol–water partition coefficient (Wildman–Crippen LogP) is 2.00. The van der Waals surface area contributed by atoms with Gasteiger partial charge in [-0.1, -0.05) is 26.8 Å². The average Bonchev–Trinajstić information content (AvgIpc) is 3.01. The lowest BCUT2D eigenvalue weighted by atomic mass is 9.91. The molecule has 0 fully saturated rings. The summed E-state index contributed by atoms with van der Waals surface area (Å²) in [5.74, 6) is 0.256. The van der Waals surface area contributed by atoms with Crippen LogP contribution in [0.3, 0.4) is 0 Å². The summed E-state index contributed by atoms with van der Waals surface area (Å²) in [7, 11) is 3.12.